The summed E-state index contributed by atoms with van der Waals surface area (Å²) in [5, 5.41) is 5.63. The Morgan fingerprint density at radius 2 is 2.00 bits per heavy atom. The lowest BCUT2D eigenvalue weighted by atomic mass is 9.99. The maximum atomic E-state index is 14.7. The summed E-state index contributed by atoms with van der Waals surface area (Å²) < 4.78 is 28.9. The Hall–Kier alpha value is -2.80. The van der Waals surface area contributed by atoms with Crippen LogP contribution in [0.5, 0.6) is 0 Å². The van der Waals surface area contributed by atoms with Gasteiger partial charge in [0.2, 0.25) is 5.91 Å². The number of halogens is 2. The van der Waals surface area contributed by atoms with E-state index in [1.54, 1.807) is 6.07 Å². The van der Waals surface area contributed by atoms with Crippen LogP contribution in [0.4, 0.5) is 20.2 Å². The Morgan fingerprint density at radius 1 is 1.15 bits per heavy atom. The lowest BCUT2D eigenvalue weighted by molar-refractivity contribution is -0.117. The first-order chi connectivity index (χ1) is 13.0. The van der Waals surface area contributed by atoms with Gasteiger partial charge in [0.15, 0.2) is 0 Å². The van der Waals surface area contributed by atoms with Gasteiger partial charge < -0.3 is 15.5 Å². The van der Waals surface area contributed by atoms with Crippen molar-refractivity contribution in [1.82, 2.24) is 5.32 Å². The number of nitrogens with zero attached hydrogens (tertiary/aromatic N) is 1. The second kappa shape index (κ2) is 7.08. The van der Waals surface area contributed by atoms with Gasteiger partial charge in [-0.3, -0.25) is 9.59 Å². The van der Waals surface area contributed by atoms with Crippen LogP contribution in [0, 0.1) is 11.6 Å². The number of anilines is 2. The highest BCUT2D eigenvalue weighted by molar-refractivity contribution is 6.06. The number of carbonyl (C=O) groups is 2. The SMILES string of the molecule is O=C(Nc1ccc2c(c1F)CCNC2)c1cc(N2CCCC2=O)ccc1F. The average Bonchev–Trinajstić information content (AvgIpc) is 3.10. The number of nitrogens with one attached hydrogen (secondary N) is 2. The molecule has 4 rings (SSSR count). The van der Waals surface area contributed by atoms with Crippen molar-refractivity contribution in [3.05, 3.63) is 58.7 Å². The first-order valence-corrected chi connectivity index (χ1v) is 8.97. The van der Waals surface area contributed by atoms with Gasteiger partial charge in [0, 0.05) is 25.2 Å². The van der Waals surface area contributed by atoms with E-state index >= 15 is 0 Å². The summed E-state index contributed by atoms with van der Waals surface area (Å²) in [6, 6.07) is 7.22. The zero-order valence-electron chi connectivity index (χ0n) is 14.6. The van der Waals surface area contributed by atoms with Crippen molar-refractivity contribution in [2.45, 2.75) is 25.8 Å². The fourth-order valence-corrected chi connectivity index (χ4v) is 3.60. The number of carbonyl (C=O) groups excluding carboxylic acids is 2. The monoisotopic (exact) mass is 371 g/mol. The lowest BCUT2D eigenvalue weighted by Gasteiger charge is -2.20. The van der Waals surface area contributed by atoms with Gasteiger partial charge >= 0.3 is 0 Å². The summed E-state index contributed by atoms with van der Waals surface area (Å²) in [4.78, 5) is 26.0. The van der Waals surface area contributed by atoms with E-state index < -0.39 is 17.5 Å². The smallest absolute Gasteiger partial charge is 0.258 e. The predicted molar refractivity (Wildman–Crippen MR) is 97.8 cm³/mol. The van der Waals surface area contributed by atoms with E-state index in [0.29, 0.717) is 43.7 Å². The van der Waals surface area contributed by atoms with Crippen molar-refractivity contribution < 1.29 is 18.4 Å². The molecule has 2 aliphatic rings. The molecule has 0 atom stereocenters. The number of fused-ring (bicyclic) bond motifs is 1. The highest BCUT2D eigenvalue weighted by Gasteiger charge is 2.24. The maximum absolute atomic E-state index is 14.7. The fourth-order valence-electron chi connectivity index (χ4n) is 3.60. The van der Waals surface area contributed by atoms with Crippen molar-refractivity contribution in [1.29, 1.82) is 0 Å². The van der Waals surface area contributed by atoms with Crippen LogP contribution in [0.3, 0.4) is 0 Å². The van der Waals surface area contributed by atoms with Crippen LogP contribution >= 0.6 is 0 Å². The summed E-state index contributed by atoms with van der Waals surface area (Å²) in [6.07, 6.45) is 1.70. The van der Waals surface area contributed by atoms with Crippen molar-refractivity contribution in [2.24, 2.45) is 0 Å². The molecule has 2 aliphatic heterocycles. The zero-order valence-corrected chi connectivity index (χ0v) is 14.6. The molecule has 0 bridgehead atoms. The molecule has 0 unspecified atom stereocenters. The molecule has 0 radical (unpaired) electrons. The van der Waals surface area contributed by atoms with Gasteiger partial charge in [-0.2, -0.15) is 0 Å². The summed E-state index contributed by atoms with van der Waals surface area (Å²) in [7, 11) is 0. The second-order valence-corrected chi connectivity index (χ2v) is 6.76. The molecule has 0 aliphatic carbocycles. The standard InChI is InChI=1S/C20H19F2N3O2/c21-16-5-4-13(25-9-1-2-18(25)26)10-15(16)20(27)24-17-6-3-12-11-23-8-7-14(12)19(17)22/h3-6,10,23H,1-2,7-9,11H2,(H,24,27). The molecular weight excluding hydrogens is 352 g/mol. The summed E-state index contributed by atoms with van der Waals surface area (Å²) in [5.74, 6) is -1.99. The molecule has 140 valence electrons. The van der Waals surface area contributed by atoms with E-state index in [4.69, 9.17) is 0 Å². The third-order valence-corrected chi connectivity index (χ3v) is 5.04. The Kier molecular flexibility index (Phi) is 4.61. The molecule has 27 heavy (non-hydrogen) atoms. The quantitative estimate of drug-likeness (QED) is 0.872. The average molecular weight is 371 g/mol. The maximum Gasteiger partial charge on any atom is 0.258 e. The molecule has 7 heteroatoms. The van der Waals surface area contributed by atoms with Gasteiger partial charge in [-0.15, -0.1) is 0 Å². The van der Waals surface area contributed by atoms with Crippen LogP contribution < -0.4 is 15.5 Å². The summed E-state index contributed by atoms with van der Waals surface area (Å²) >= 11 is 0. The minimum absolute atomic E-state index is 0.0303. The molecule has 2 aromatic carbocycles. The van der Waals surface area contributed by atoms with Crippen LogP contribution in [0.1, 0.15) is 34.3 Å². The molecule has 1 fully saturated rings. The highest BCUT2D eigenvalue weighted by Crippen LogP contribution is 2.27. The molecule has 1 saturated heterocycles. The molecule has 0 saturated carbocycles. The van der Waals surface area contributed by atoms with Crippen LogP contribution in [-0.4, -0.2) is 24.9 Å². The van der Waals surface area contributed by atoms with Gasteiger partial charge in [0.05, 0.1) is 11.3 Å². The normalized spacial score (nSPS) is 16.4. The molecule has 2 amide bonds. The summed E-state index contributed by atoms with van der Waals surface area (Å²) in [5.41, 5.74) is 1.72. The number of rotatable bonds is 3. The molecular formula is C20H19F2N3O2. The van der Waals surface area contributed by atoms with Crippen LogP contribution in [0.2, 0.25) is 0 Å². The Morgan fingerprint density at radius 3 is 2.78 bits per heavy atom. The van der Waals surface area contributed by atoms with Crippen molar-refractivity contribution >= 4 is 23.2 Å². The Balaban J connectivity index is 1.61. The van der Waals surface area contributed by atoms with Crippen LogP contribution in [-0.2, 0) is 17.8 Å². The molecule has 0 aromatic heterocycles. The van der Waals surface area contributed by atoms with Crippen molar-refractivity contribution in [3.8, 4) is 0 Å². The van der Waals surface area contributed by atoms with Gasteiger partial charge in [0.25, 0.3) is 5.91 Å². The number of amides is 2. The first kappa shape index (κ1) is 17.6. The predicted octanol–water partition coefficient (Wildman–Crippen LogP) is 2.99. The number of hydrogen-bond acceptors (Lipinski definition) is 3. The Bertz CT molecular complexity index is 930. The molecule has 0 spiro atoms. The molecule has 5 nitrogen and oxygen atoms in total. The van der Waals surface area contributed by atoms with Gasteiger partial charge in [-0.1, -0.05) is 6.07 Å². The van der Waals surface area contributed by atoms with E-state index in [9.17, 15) is 18.4 Å². The van der Waals surface area contributed by atoms with Crippen LogP contribution in [0.15, 0.2) is 30.3 Å². The number of hydrogen-bond donors (Lipinski definition) is 2. The second-order valence-electron chi connectivity index (χ2n) is 6.76. The number of benzene rings is 2. The molecule has 2 N–H and O–H groups in total. The van der Waals surface area contributed by atoms with Crippen LogP contribution in [0.25, 0.3) is 0 Å². The van der Waals surface area contributed by atoms with E-state index in [-0.39, 0.29) is 17.2 Å². The fraction of sp³-hybridized carbons (Fsp3) is 0.300. The third kappa shape index (κ3) is 3.30. The lowest BCUT2D eigenvalue weighted by Crippen LogP contribution is -2.26. The van der Waals surface area contributed by atoms with Crippen molar-refractivity contribution in [2.75, 3.05) is 23.3 Å². The Labute approximate surface area is 155 Å². The van der Waals surface area contributed by atoms with Crippen molar-refractivity contribution in [3.63, 3.8) is 0 Å². The molecule has 2 aromatic rings. The molecule has 2 heterocycles. The summed E-state index contributed by atoms with van der Waals surface area (Å²) in [6.45, 7) is 1.79. The largest absolute Gasteiger partial charge is 0.319 e. The van der Waals surface area contributed by atoms with E-state index in [0.717, 1.165) is 18.1 Å². The van der Waals surface area contributed by atoms with E-state index in [1.807, 2.05) is 0 Å². The van der Waals surface area contributed by atoms with E-state index in [2.05, 4.69) is 10.6 Å². The van der Waals surface area contributed by atoms with Gasteiger partial charge in [-0.05, 0) is 54.8 Å². The minimum atomic E-state index is -0.742. The topological polar surface area (TPSA) is 61.4 Å². The third-order valence-electron chi connectivity index (χ3n) is 5.04. The van der Waals surface area contributed by atoms with Gasteiger partial charge in [-0.25, -0.2) is 8.78 Å². The van der Waals surface area contributed by atoms with E-state index in [1.165, 1.54) is 23.1 Å². The first-order valence-electron chi connectivity index (χ1n) is 8.97. The minimum Gasteiger partial charge on any atom is -0.319 e. The van der Waals surface area contributed by atoms with Gasteiger partial charge in [0.1, 0.15) is 11.6 Å². The highest BCUT2D eigenvalue weighted by atomic mass is 19.1. The zero-order chi connectivity index (χ0) is 19.0.